The van der Waals surface area contributed by atoms with Crippen LogP contribution in [-0.2, 0) is 17.6 Å². The number of carboxylic acids is 1. The standard InChI is InChI=1S/C21H30O4/c1-4-5-6-8-15-13-18(22)17-11-10-16(20(23)24)9-7-12-21(2,3)25-19(17)14-15/h10,13-14,22H,4-9,11-12H2,1-3H3,(H,23,24)/b16-10+. The van der Waals surface area contributed by atoms with Crippen molar-refractivity contribution in [1.29, 1.82) is 0 Å². The number of ether oxygens (including phenoxy) is 1. The molecule has 0 fully saturated rings. The van der Waals surface area contributed by atoms with Crippen molar-refractivity contribution in [2.75, 3.05) is 0 Å². The lowest BCUT2D eigenvalue weighted by molar-refractivity contribution is -0.132. The van der Waals surface area contributed by atoms with E-state index in [1.54, 1.807) is 12.1 Å². The number of fused-ring (bicyclic) bond motifs is 1. The smallest absolute Gasteiger partial charge is 0.331 e. The highest BCUT2D eigenvalue weighted by molar-refractivity contribution is 5.86. The summed E-state index contributed by atoms with van der Waals surface area (Å²) in [6.07, 6.45) is 8.44. The second kappa shape index (κ2) is 8.41. The van der Waals surface area contributed by atoms with Gasteiger partial charge in [-0.1, -0.05) is 25.8 Å². The van der Waals surface area contributed by atoms with Crippen molar-refractivity contribution in [1.82, 2.24) is 0 Å². The van der Waals surface area contributed by atoms with E-state index in [2.05, 4.69) is 6.92 Å². The van der Waals surface area contributed by atoms with Gasteiger partial charge in [0.1, 0.15) is 17.1 Å². The monoisotopic (exact) mass is 346 g/mol. The minimum absolute atomic E-state index is 0.196. The summed E-state index contributed by atoms with van der Waals surface area (Å²) < 4.78 is 6.25. The number of hydrogen-bond acceptors (Lipinski definition) is 3. The molecule has 1 aromatic carbocycles. The van der Waals surface area contributed by atoms with Gasteiger partial charge in [0.2, 0.25) is 0 Å². The highest BCUT2D eigenvalue weighted by Gasteiger charge is 2.24. The van der Waals surface area contributed by atoms with Crippen LogP contribution in [0.1, 0.15) is 70.4 Å². The van der Waals surface area contributed by atoms with Crippen LogP contribution in [-0.4, -0.2) is 21.8 Å². The van der Waals surface area contributed by atoms with E-state index in [-0.39, 0.29) is 5.75 Å². The van der Waals surface area contributed by atoms with Crippen molar-refractivity contribution in [3.63, 3.8) is 0 Å². The van der Waals surface area contributed by atoms with Crippen LogP contribution in [0.4, 0.5) is 0 Å². The van der Waals surface area contributed by atoms with E-state index >= 15 is 0 Å². The zero-order valence-electron chi connectivity index (χ0n) is 15.6. The van der Waals surface area contributed by atoms with Gasteiger partial charge in [-0.05, 0) is 70.1 Å². The van der Waals surface area contributed by atoms with Gasteiger partial charge in [-0.15, -0.1) is 0 Å². The molecule has 0 bridgehead atoms. The lowest BCUT2D eigenvalue weighted by Crippen LogP contribution is -2.29. The molecule has 0 spiro atoms. The number of hydrogen-bond donors (Lipinski definition) is 2. The van der Waals surface area contributed by atoms with E-state index in [0.29, 0.717) is 29.7 Å². The Balaban J connectivity index is 2.38. The number of carboxylic acid groups (broad SMARTS) is 1. The first-order valence-corrected chi connectivity index (χ1v) is 9.28. The van der Waals surface area contributed by atoms with Crippen LogP contribution in [0.15, 0.2) is 23.8 Å². The molecule has 0 aromatic heterocycles. The minimum atomic E-state index is -0.878. The molecule has 2 N–H and O–H groups in total. The third-order valence-corrected chi connectivity index (χ3v) is 4.75. The molecule has 0 amide bonds. The Morgan fingerprint density at radius 3 is 2.72 bits per heavy atom. The molecule has 25 heavy (non-hydrogen) atoms. The van der Waals surface area contributed by atoms with Gasteiger partial charge in [0.15, 0.2) is 0 Å². The number of phenols is 1. The molecule has 0 radical (unpaired) electrons. The number of allylic oxidation sites excluding steroid dienone is 1. The van der Waals surface area contributed by atoms with E-state index in [1.807, 2.05) is 19.9 Å². The van der Waals surface area contributed by atoms with Gasteiger partial charge in [-0.3, -0.25) is 0 Å². The fourth-order valence-electron chi connectivity index (χ4n) is 3.28. The average molecular weight is 346 g/mol. The zero-order chi connectivity index (χ0) is 18.4. The summed E-state index contributed by atoms with van der Waals surface area (Å²) in [4.78, 5) is 11.4. The summed E-state index contributed by atoms with van der Waals surface area (Å²) in [6.45, 7) is 6.20. The molecule has 1 aliphatic heterocycles. The number of aliphatic carboxylic acids is 1. The van der Waals surface area contributed by atoms with E-state index < -0.39 is 11.6 Å². The van der Waals surface area contributed by atoms with Gasteiger partial charge >= 0.3 is 5.97 Å². The number of unbranched alkanes of at least 4 members (excludes halogenated alkanes) is 2. The third kappa shape index (κ3) is 5.52. The first kappa shape index (κ1) is 19.4. The molecular weight excluding hydrogens is 316 g/mol. The number of benzene rings is 1. The topological polar surface area (TPSA) is 66.8 Å². The minimum Gasteiger partial charge on any atom is -0.508 e. The van der Waals surface area contributed by atoms with Crippen molar-refractivity contribution < 1.29 is 19.7 Å². The molecular formula is C21H30O4. The predicted octanol–water partition coefficient (Wildman–Crippen LogP) is 5.02. The summed E-state index contributed by atoms with van der Waals surface area (Å²) >= 11 is 0. The molecule has 0 aliphatic carbocycles. The van der Waals surface area contributed by atoms with E-state index in [9.17, 15) is 15.0 Å². The molecule has 4 nitrogen and oxygen atoms in total. The molecule has 1 heterocycles. The van der Waals surface area contributed by atoms with Crippen molar-refractivity contribution in [2.24, 2.45) is 0 Å². The molecule has 1 aromatic rings. The quantitative estimate of drug-likeness (QED) is 0.735. The molecule has 1 aliphatic rings. The van der Waals surface area contributed by atoms with Gasteiger partial charge in [0.05, 0.1) is 0 Å². The number of phenolic OH excluding ortho intramolecular Hbond substituents is 1. The third-order valence-electron chi connectivity index (χ3n) is 4.75. The normalized spacial score (nSPS) is 19.2. The highest BCUT2D eigenvalue weighted by Crippen LogP contribution is 2.36. The largest absolute Gasteiger partial charge is 0.508 e. The Bertz CT molecular complexity index is 644. The van der Waals surface area contributed by atoms with Crippen molar-refractivity contribution in [3.8, 4) is 11.5 Å². The van der Waals surface area contributed by atoms with Crippen LogP contribution in [0.25, 0.3) is 0 Å². The van der Waals surface area contributed by atoms with Crippen molar-refractivity contribution in [2.45, 2.75) is 77.7 Å². The van der Waals surface area contributed by atoms with E-state index in [0.717, 1.165) is 44.1 Å². The second-order valence-electron chi connectivity index (χ2n) is 7.50. The Kier molecular flexibility index (Phi) is 6.51. The summed E-state index contributed by atoms with van der Waals surface area (Å²) in [5, 5.41) is 19.9. The van der Waals surface area contributed by atoms with Crippen molar-refractivity contribution in [3.05, 3.63) is 34.9 Å². The number of rotatable bonds is 5. The average Bonchev–Trinajstić information content (AvgIpc) is 2.51. The summed E-state index contributed by atoms with van der Waals surface area (Å²) in [7, 11) is 0. The van der Waals surface area contributed by atoms with E-state index in [1.165, 1.54) is 0 Å². The summed E-state index contributed by atoms with van der Waals surface area (Å²) in [6, 6.07) is 3.81. The Morgan fingerprint density at radius 1 is 1.28 bits per heavy atom. The fraction of sp³-hybridized carbons (Fsp3) is 0.571. The molecule has 4 heteroatoms. The first-order chi connectivity index (χ1) is 11.8. The molecule has 0 atom stereocenters. The molecule has 0 saturated carbocycles. The predicted molar refractivity (Wildman–Crippen MR) is 99.3 cm³/mol. The van der Waals surface area contributed by atoms with Gasteiger partial charge in [-0.25, -0.2) is 4.79 Å². The number of carbonyl (C=O) groups is 1. The van der Waals surface area contributed by atoms with Crippen LogP contribution >= 0.6 is 0 Å². The lowest BCUT2D eigenvalue weighted by atomic mass is 9.94. The lowest BCUT2D eigenvalue weighted by Gasteiger charge is -2.29. The molecule has 0 saturated heterocycles. The van der Waals surface area contributed by atoms with Crippen LogP contribution in [0.2, 0.25) is 0 Å². The van der Waals surface area contributed by atoms with Gasteiger partial charge in [-0.2, -0.15) is 0 Å². The van der Waals surface area contributed by atoms with Crippen LogP contribution in [0.5, 0.6) is 11.5 Å². The summed E-state index contributed by atoms with van der Waals surface area (Å²) in [5.41, 5.74) is 1.76. The summed E-state index contributed by atoms with van der Waals surface area (Å²) in [5.74, 6) is -0.00253. The molecule has 0 unspecified atom stereocenters. The van der Waals surface area contributed by atoms with E-state index in [4.69, 9.17) is 4.74 Å². The van der Waals surface area contributed by atoms with Gasteiger partial charge in [0.25, 0.3) is 0 Å². The highest BCUT2D eigenvalue weighted by atomic mass is 16.5. The Morgan fingerprint density at radius 2 is 2.04 bits per heavy atom. The molecule has 138 valence electrons. The van der Waals surface area contributed by atoms with Gasteiger partial charge < -0.3 is 14.9 Å². The van der Waals surface area contributed by atoms with Crippen LogP contribution < -0.4 is 4.74 Å². The maximum absolute atomic E-state index is 11.4. The van der Waals surface area contributed by atoms with Gasteiger partial charge in [0, 0.05) is 11.1 Å². The number of aryl methyl sites for hydroxylation is 1. The maximum Gasteiger partial charge on any atom is 0.331 e. The van der Waals surface area contributed by atoms with Crippen LogP contribution in [0, 0.1) is 0 Å². The zero-order valence-corrected chi connectivity index (χ0v) is 15.6. The first-order valence-electron chi connectivity index (χ1n) is 9.28. The van der Waals surface area contributed by atoms with Crippen LogP contribution in [0.3, 0.4) is 0 Å². The fourth-order valence-corrected chi connectivity index (χ4v) is 3.28. The molecule has 2 rings (SSSR count). The maximum atomic E-state index is 11.4. The Labute approximate surface area is 150 Å². The number of aromatic hydroxyl groups is 1. The second-order valence-corrected chi connectivity index (χ2v) is 7.50. The SMILES string of the molecule is CCCCCc1cc(O)c2c(c1)OC(C)(C)CCC/C(C(=O)O)=C\C2. The Hall–Kier alpha value is -1.97. The van der Waals surface area contributed by atoms with Crippen molar-refractivity contribution >= 4 is 5.97 Å².